The van der Waals surface area contributed by atoms with Crippen molar-refractivity contribution in [1.29, 1.82) is 0 Å². The van der Waals surface area contributed by atoms with Gasteiger partial charge < -0.3 is 9.80 Å². The lowest BCUT2D eigenvalue weighted by molar-refractivity contribution is 0.0715. The number of aromatic nitrogens is 1. The summed E-state index contributed by atoms with van der Waals surface area (Å²) in [6.45, 7) is 8.41. The molecule has 26 heavy (non-hydrogen) atoms. The highest BCUT2D eigenvalue weighted by molar-refractivity contribution is 5.97. The van der Waals surface area contributed by atoms with Gasteiger partial charge in [-0.1, -0.05) is 23.8 Å². The number of rotatable bonds is 2. The highest BCUT2D eigenvalue weighted by Gasteiger charge is 2.25. The molecule has 5 nitrogen and oxygen atoms in total. The minimum absolute atomic E-state index is 0.0622. The second-order valence-electron chi connectivity index (χ2n) is 6.93. The first-order valence-electron chi connectivity index (χ1n) is 9.05. The first kappa shape index (κ1) is 18.1. The lowest BCUT2D eigenvalue weighted by Gasteiger charge is -2.23. The topological polar surface area (TPSA) is 53.5 Å². The van der Waals surface area contributed by atoms with Crippen LogP contribution < -0.4 is 0 Å². The molecule has 0 unspecified atom stereocenters. The lowest BCUT2D eigenvalue weighted by atomic mass is 9.98. The van der Waals surface area contributed by atoms with Gasteiger partial charge in [-0.05, 0) is 50.5 Å². The minimum atomic E-state index is -0.0670. The summed E-state index contributed by atoms with van der Waals surface area (Å²) in [5, 5.41) is 0. The van der Waals surface area contributed by atoms with E-state index in [4.69, 9.17) is 0 Å². The predicted molar refractivity (Wildman–Crippen MR) is 101 cm³/mol. The zero-order valence-corrected chi connectivity index (χ0v) is 15.7. The molecule has 0 saturated carbocycles. The Kier molecular flexibility index (Phi) is 5.35. The van der Waals surface area contributed by atoms with Gasteiger partial charge in [0, 0.05) is 37.9 Å². The lowest BCUT2D eigenvalue weighted by Crippen LogP contribution is -2.38. The number of carbonyl (C=O) groups excluding carboxylic acids is 2. The Morgan fingerprint density at radius 3 is 2.08 bits per heavy atom. The molecular formula is C21H25N3O2. The molecule has 1 aromatic heterocycles. The summed E-state index contributed by atoms with van der Waals surface area (Å²) in [7, 11) is 0. The molecule has 0 aliphatic carbocycles. The van der Waals surface area contributed by atoms with E-state index >= 15 is 0 Å². The molecular weight excluding hydrogens is 326 g/mol. The van der Waals surface area contributed by atoms with Crippen molar-refractivity contribution in [2.24, 2.45) is 0 Å². The molecule has 1 fully saturated rings. The third-order valence-electron chi connectivity index (χ3n) is 4.85. The van der Waals surface area contributed by atoms with Crippen LogP contribution in [0.15, 0.2) is 36.5 Å². The van der Waals surface area contributed by atoms with Crippen molar-refractivity contribution in [1.82, 2.24) is 14.8 Å². The largest absolute Gasteiger partial charge is 0.337 e. The Balaban J connectivity index is 1.73. The maximum Gasteiger partial charge on any atom is 0.272 e. The van der Waals surface area contributed by atoms with Crippen LogP contribution in [0.1, 0.15) is 44.0 Å². The number of benzene rings is 1. The van der Waals surface area contributed by atoms with E-state index in [9.17, 15) is 9.59 Å². The van der Waals surface area contributed by atoms with Crippen molar-refractivity contribution in [3.8, 4) is 0 Å². The van der Waals surface area contributed by atoms with Crippen molar-refractivity contribution in [2.45, 2.75) is 27.2 Å². The van der Waals surface area contributed by atoms with Crippen LogP contribution in [-0.4, -0.2) is 52.8 Å². The SMILES string of the molecule is Cc1cc(C)c(C(=O)N2CCCN(C(=O)c3ccccn3)CC2)c(C)c1. The normalized spacial score (nSPS) is 14.9. The van der Waals surface area contributed by atoms with Gasteiger partial charge in [-0.3, -0.25) is 14.6 Å². The number of aryl methyl sites for hydroxylation is 3. The third kappa shape index (κ3) is 3.77. The van der Waals surface area contributed by atoms with E-state index in [0.717, 1.165) is 23.1 Å². The Morgan fingerprint density at radius 1 is 0.885 bits per heavy atom. The Morgan fingerprint density at radius 2 is 1.50 bits per heavy atom. The van der Waals surface area contributed by atoms with Gasteiger partial charge in [0.2, 0.25) is 0 Å². The average Bonchev–Trinajstić information content (AvgIpc) is 2.87. The smallest absolute Gasteiger partial charge is 0.272 e. The van der Waals surface area contributed by atoms with Crippen molar-refractivity contribution in [3.63, 3.8) is 0 Å². The Bertz CT molecular complexity index is 794. The van der Waals surface area contributed by atoms with E-state index in [1.165, 1.54) is 5.56 Å². The van der Waals surface area contributed by atoms with Crippen molar-refractivity contribution in [2.75, 3.05) is 26.2 Å². The number of hydrogen-bond acceptors (Lipinski definition) is 3. The van der Waals surface area contributed by atoms with Crippen molar-refractivity contribution in [3.05, 3.63) is 64.5 Å². The fourth-order valence-corrected chi connectivity index (χ4v) is 3.65. The monoisotopic (exact) mass is 351 g/mol. The van der Waals surface area contributed by atoms with Crippen LogP contribution in [0.25, 0.3) is 0 Å². The number of hydrogen-bond donors (Lipinski definition) is 0. The molecule has 2 amide bonds. The molecule has 5 heteroatoms. The summed E-state index contributed by atoms with van der Waals surface area (Å²) in [5.41, 5.74) is 4.44. The molecule has 0 spiro atoms. The van der Waals surface area contributed by atoms with Gasteiger partial charge in [0.1, 0.15) is 5.69 Å². The predicted octanol–water partition coefficient (Wildman–Crippen LogP) is 3.00. The Hall–Kier alpha value is -2.69. The maximum atomic E-state index is 13.1. The van der Waals surface area contributed by atoms with E-state index < -0.39 is 0 Å². The molecule has 1 aliphatic heterocycles. The fourth-order valence-electron chi connectivity index (χ4n) is 3.65. The zero-order chi connectivity index (χ0) is 18.7. The van der Waals surface area contributed by atoms with E-state index in [0.29, 0.717) is 31.9 Å². The molecule has 2 heterocycles. The molecule has 0 N–H and O–H groups in total. The highest BCUT2D eigenvalue weighted by Crippen LogP contribution is 2.19. The standard InChI is InChI=1S/C21H25N3O2/c1-15-13-16(2)19(17(3)14-15)21(26)24-10-6-9-23(11-12-24)20(25)18-7-4-5-8-22-18/h4-5,7-8,13-14H,6,9-12H2,1-3H3. The summed E-state index contributed by atoms with van der Waals surface area (Å²) in [4.78, 5) is 33.5. The van der Waals surface area contributed by atoms with Crippen LogP contribution in [0.2, 0.25) is 0 Å². The Labute approximate surface area is 154 Å². The third-order valence-corrected chi connectivity index (χ3v) is 4.85. The van der Waals surface area contributed by atoms with Crippen molar-refractivity contribution >= 4 is 11.8 Å². The van der Waals surface area contributed by atoms with Gasteiger partial charge in [-0.25, -0.2) is 0 Å². The minimum Gasteiger partial charge on any atom is -0.337 e. The van der Waals surface area contributed by atoms with Gasteiger partial charge in [-0.15, -0.1) is 0 Å². The zero-order valence-electron chi connectivity index (χ0n) is 15.7. The molecule has 0 radical (unpaired) electrons. The van der Waals surface area contributed by atoms with Gasteiger partial charge in [0.15, 0.2) is 0 Å². The number of pyridine rings is 1. The number of amides is 2. The van der Waals surface area contributed by atoms with Crippen LogP contribution >= 0.6 is 0 Å². The van der Waals surface area contributed by atoms with Gasteiger partial charge in [0.05, 0.1) is 0 Å². The van der Waals surface area contributed by atoms with Crippen LogP contribution in [-0.2, 0) is 0 Å². The first-order chi connectivity index (χ1) is 12.5. The van der Waals surface area contributed by atoms with Crippen molar-refractivity contribution < 1.29 is 9.59 Å². The van der Waals surface area contributed by atoms with Gasteiger partial charge in [-0.2, -0.15) is 0 Å². The van der Waals surface area contributed by atoms with Crippen LogP contribution in [0, 0.1) is 20.8 Å². The van der Waals surface area contributed by atoms with Crippen LogP contribution in [0.3, 0.4) is 0 Å². The molecule has 0 bridgehead atoms. The summed E-state index contributed by atoms with van der Waals surface area (Å²) in [5.74, 6) is -0.00488. The summed E-state index contributed by atoms with van der Waals surface area (Å²) in [6.07, 6.45) is 2.40. The second-order valence-corrected chi connectivity index (χ2v) is 6.93. The average molecular weight is 351 g/mol. The van der Waals surface area contributed by atoms with E-state index in [1.54, 1.807) is 23.2 Å². The summed E-state index contributed by atoms with van der Waals surface area (Å²) >= 11 is 0. The second kappa shape index (κ2) is 7.68. The number of carbonyl (C=O) groups is 2. The van der Waals surface area contributed by atoms with Gasteiger partial charge >= 0.3 is 0 Å². The summed E-state index contributed by atoms with van der Waals surface area (Å²) in [6, 6.07) is 9.45. The van der Waals surface area contributed by atoms with E-state index in [2.05, 4.69) is 17.1 Å². The fraction of sp³-hybridized carbons (Fsp3) is 0.381. The van der Waals surface area contributed by atoms with Crippen LogP contribution in [0.4, 0.5) is 0 Å². The molecule has 1 saturated heterocycles. The molecule has 0 atom stereocenters. The maximum absolute atomic E-state index is 13.1. The quantitative estimate of drug-likeness (QED) is 0.836. The summed E-state index contributed by atoms with van der Waals surface area (Å²) < 4.78 is 0. The van der Waals surface area contributed by atoms with Gasteiger partial charge in [0.25, 0.3) is 11.8 Å². The molecule has 2 aromatic rings. The molecule has 1 aromatic carbocycles. The molecule has 3 rings (SSSR count). The molecule has 1 aliphatic rings. The first-order valence-corrected chi connectivity index (χ1v) is 9.05. The number of nitrogens with zero attached hydrogens (tertiary/aromatic N) is 3. The highest BCUT2D eigenvalue weighted by atomic mass is 16.2. The molecule has 136 valence electrons. The van der Waals surface area contributed by atoms with Crippen LogP contribution in [0.5, 0.6) is 0 Å². The van der Waals surface area contributed by atoms with E-state index in [-0.39, 0.29) is 11.8 Å². The van der Waals surface area contributed by atoms with E-state index in [1.807, 2.05) is 31.7 Å².